The van der Waals surface area contributed by atoms with Crippen LogP contribution >= 0.6 is 0 Å². The number of hydrogen-bond donors (Lipinski definition) is 9. The second kappa shape index (κ2) is 18.6. The number of aromatic amines is 1. The number of carbonyl (C=O) groups is 3. The Kier molecular flexibility index (Phi) is 14.7. The van der Waals surface area contributed by atoms with Crippen LogP contribution in [-0.4, -0.2) is 101 Å². The molecule has 0 aliphatic heterocycles. The van der Waals surface area contributed by atoms with E-state index in [1.807, 2.05) is 0 Å². The summed E-state index contributed by atoms with van der Waals surface area (Å²) in [6.45, 7) is 11.5. The smallest absolute Gasteiger partial charge is 0.326 e. The molecule has 2 amide bonds. The summed E-state index contributed by atoms with van der Waals surface area (Å²) in [7, 11) is 0. The standard InChI is InChI=1S/C33H47N11O8/c1-19(42-50)32(3,4)44-52-16-15-37-33(5,6)25(43-51)13-14-34-26(45)12-11-24(31(48)49)41-29(46)21-7-9-22(10-8-21)35-17-23-18-36-28-27(40-23)30(47)39-20(2)38-28/h7-10,18,24,35,37,44,50-51H,11-17H2,1-6H3,(H,34,45)(H,41,46)(H,48,49)(H,36,38,39,47)/b42-19-,43-25-. The van der Waals surface area contributed by atoms with Crippen LogP contribution in [0, 0.1) is 6.92 Å². The van der Waals surface area contributed by atoms with Gasteiger partial charge in [0, 0.05) is 37.2 Å². The van der Waals surface area contributed by atoms with Crippen molar-refractivity contribution >= 4 is 46.1 Å². The molecule has 0 saturated heterocycles. The van der Waals surface area contributed by atoms with Gasteiger partial charge in [-0.25, -0.2) is 19.7 Å². The van der Waals surface area contributed by atoms with Gasteiger partial charge in [-0.1, -0.05) is 10.3 Å². The molecule has 2 aromatic heterocycles. The predicted octanol–water partition coefficient (Wildman–Crippen LogP) is 1.45. The number of oxime groups is 2. The fourth-order valence-electron chi connectivity index (χ4n) is 4.70. The third kappa shape index (κ3) is 12.1. The van der Waals surface area contributed by atoms with E-state index in [4.69, 9.17) is 10.0 Å². The lowest BCUT2D eigenvalue weighted by Crippen LogP contribution is -2.50. The predicted molar refractivity (Wildman–Crippen MR) is 192 cm³/mol. The number of hydroxylamine groups is 1. The fraction of sp³-hybridized carbons (Fsp3) is 0.485. The van der Waals surface area contributed by atoms with Crippen LogP contribution in [-0.2, 0) is 21.0 Å². The number of carboxylic acid groups (broad SMARTS) is 1. The number of hydrogen-bond acceptors (Lipinski definition) is 15. The Bertz CT molecular complexity index is 1820. The van der Waals surface area contributed by atoms with Gasteiger partial charge >= 0.3 is 5.97 Å². The number of carbonyl (C=O) groups excluding carboxylic acids is 2. The van der Waals surface area contributed by atoms with Gasteiger partial charge < -0.3 is 41.8 Å². The summed E-state index contributed by atoms with van der Waals surface area (Å²) >= 11 is 0. The summed E-state index contributed by atoms with van der Waals surface area (Å²) in [5, 5.41) is 46.3. The largest absolute Gasteiger partial charge is 0.480 e. The Morgan fingerprint density at radius 1 is 1.00 bits per heavy atom. The highest BCUT2D eigenvalue weighted by atomic mass is 16.6. The Labute approximate surface area is 299 Å². The molecule has 0 aliphatic rings. The molecule has 19 heteroatoms. The lowest BCUT2D eigenvalue weighted by atomic mass is 9.95. The highest BCUT2D eigenvalue weighted by molar-refractivity contribution is 5.97. The van der Waals surface area contributed by atoms with E-state index in [1.165, 1.54) is 18.3 Å². The van der Waals surface area contributed by atoms with Crippen molar-refractivity contribution in [1.82, 2.24) is 41.4 Å². The third-order valence-electron chi connectivity index (χ3n) is 8.15. The van der Waals surface area contributed by atoms with Crippen LogP contribution < -0.4 is 32.3 Å². The van der Waals surface area contributed by atoms with E-state index in [0.29, 0.717) is 35.2 Å². The van der Waals surface area contributed by atoms with Crippen molar-refractivity contribution in [3.63, 3.8) is 0 Å². The maximum Gasteiger partial charge on any atom is 0.326 e. The number of aliphatic carboxylic acids is 1. The topological polar surface area (TPSA) is 278 Å². The van der Waals surface area contributed by atoms with Crippen molar-refractivity contribution in [2.45, 2.75) is 84.5 Å². The number of amides is 2. The molecule has 1 unspecified atom stereocenters. The summed E-state index contributed by atoms with van der Waals surface area (Å²) in [6.07, 6.45) is 1.39. The summed E-state index contributed by atoms with van der Waals surface area (Å²) in [5.74, 6) is -1.91. The Morgan fingerprint density at radius 3 is 2.37 bits per heavy atom. The first kappa shape index (κ1) is 40.9. The van der Waals surface area contributed by atoms with Crippen LogP contribution in [0.3, 0.4) is 0 Å². The number of aromatic nitrogens is 4. The molecule has 1 atom stereocenters. The summed E-state index contributed by atoms with van der Waals surface area (Å²) < 4.78 is 0. The lowest BCUT2D eigenvalue weighted by molar-refractivity contribution is -0.139. The lowest BCUT2D eigenvalue weighted by Gasteiger charge is -2.28. The van der Waals surface area contributed by atoms with E-state index in [9.17, 15) is 29.5 Å². The highest BCUT2D eigenvalue weighted by Gasteiger charge is 2.26. The molecule has 0 spiro atoms. The molecule has 282 valence electrons. The van der Waals surface area contributed by atoms with Gasteiger partial charge in [-0.15, -0.1) is 0 Å². The van der Waals surface area contributed by atoms with Crippen LogP contribution in [0.4, 0.5) is 5.69 Å². The maximum atomic E-state index is 12.8. The van der Waals surface area contributed by atoms with Gasteiger partial charge in [-0.3, -0.25) is 19.2 Å². The van der Waals surface area contributed by atoms with Crippen LogP contribution in [0.2, 0.25) is 0 Å². The number of rotatable bonds is 20. The SMILES string of the molecule is C/C(=N/O)C(C)(C)NOCCNC(C)(C)/C(CCNC(=O)CCC(NC(=O)c1ccc(NCc2cnc3nc(C)[nH]c(=O)c3n2)cc1)C(=O)O)=N\O. The second-order valence-electron chi connectivity index (χ2n) is 13.0. The quantitative estimate of drug-likeness (QED) is 0.0345. The molecule has 0 radical (unpaired) electrons. The highest BCUT2D eigenvalue weighted by Crippen LogP contribution is 2.13. The monoisotopic (exact) mass is 725 g/mol. The van der Waals surface area contributed by atoms with E-state index in [2.05, 4.69) is 57.0 Å². The number of H-pyrrole nitrogens is 1. The van der Waals surface area contributed by atoms with Gasteiger partial charge in [0.2, 0.25) is 5.91 Å². The summed E-state index contributed by atoms with van der Waals surface area (Å²) in [4.78, 5) is 70.1. The average Bonchev–Trinajstić information content (AvgIpc) is 3.10. The van der Waals surface area contributed by atoms with Crippen molar-refractivity contribution in [3.05, 3.63) is 57.9 Å². The first-order valence-electron chi connectivity index (χ1n) is 16.5. The van der Waals surface area contributed by atoms with Crippen LogP contribution in [0.1, 0.15) is 75.8 Å². The molecule has 2 heterocycles. The van der Waals surface area contributed by atoms with E-state index in [-0.39, 0.29) is 61.2 Å². The number of fused-ring (bicyclic) bond motifs is 1. The molecule has 3 rings (SSSR count). The van der Waals surface area contributed by atoms with Gasteiger partial charge in [0.1, 0.15) is 11.9 Å². The number of nitrogens with zero attached hydrogens (tertiary/aromatic N) is 5. The molecule has 0 aliphatic carbocycles. The molecule has 52 heavy (non-hydrogen) atoms. The summed E-state index contributed by atoms with van der Waals surface area (Å²) in [6, 6.07) is 4.98. The molecule has 0 bridgehead atoms. The number of aryl methyl sites for hydroxylation is 1. The molecular formula is C33H47N11O8. The zero-order chi connectivity index (χ0) is 38.5. The van der Waals surface area contributed by atoms with Crippen molar-refractivity contribution in [1.29, 1.82) is 0 Å². The first-order valence-corrected chi connectivity index (χ1v) is 16.5. The first-order chi connectivity index (χ1) is 24.6. The Balaban J connectivity index is 1.41. The normalized spacial score (nSPS) is 13.1. The van der Waals surface area contributed by atoms with Gasteiger partial charge in [-0.2, -0.15) is 5.48 Å². The molecule has 3 aromatic rings. The number of nitrogens with one attached hydrogen (secondary N) is 6. The van der Waals surface area contributed by atoms with Crippen LogP contribution in [0.25, 0.3) is 11.2 Å². The molecule has 19 nitrogen and oxygen atoms in total. The molecule has 1 aromatic carbocycles. The van der Waals surface area contributed by atoms with Gasteiger partial charge in [0.15, 0.2) is 11.2 Å². The minimum Gasteiger partial charge on any atom is -0.480 e. The van der Waals surface area contributed by atoms with Gasteiger partial charge in [0.05, 0.1) is 47.5 Å². The third-order valence-corrected chi connectivity index (χ3v) is 8.15. The number of anilines is 1. The summed E-state index contributed by atoms with van der Waals surface area (Å²) in [5.41, 5.74) is 3.53. The van der Waals surface area contributed by atoms with Crippen molar-refractivity contribution in [3.8, 4) is 0 Å². The zero-order valence-corrected chi connectivity index (χ0v) is 30.0. The van der Waals surface area contributed by atoms with Crippen molar-refractivity contribution < 1.29 is 34.7 Å². The fourth-order valence-corrected chi connectivity index (χ4v) is 4.70. The Morgan fingerprint density at radius 2 is 1.71 bits per heavy atom. The average molecular weight is 726 g/mol. The molecule has 0 fully saturated rings. The second-order valence-corrected chi connectivity index (χ2v) is 13.0. The van der Waals surface area contributed by atoms with E-state index in [0.717, 1.165) is 0 Å². The van der Waals surface area contributed by atoms with E-state index in [1.54, 1.807) is 53.7 Å². The van der Waals surface area contributed by atoms with Crippen LogP contribution in [0.15, 0.2) is 45.6 Å². The number of benzene rings is 1. The van der Waals surface area contributed by atoms with E-state index >= 15 is 0 Å². The molecule has 9 N–H and O–H groups in total. The minimum absolute atomic E-state index is 0.125. The van der Waals surface area contributed by atoms with Crippen molar-refractivity contribution in [2.75, 3.05) is 25.0 Å². The maximum absolute atomic E-state index is 12.8. The molecular weight excluding hydrogens is 678 g/mol. The minimum atomic E-state index is -1.32. The van der Waals surface area contributed by atoms with Gasteiger partial charge in [-0.05, 0) is 72.2 Å². The number of carboxylic acids is 1. The van der Waals surface area contributed by atoms with Crippen molar-refractivity contribution in [2.24, 2.45) is 10.3 Å². The molecule has 0 saturated carbocycles. The van der Waals surface area contributed by atoms with Gasteiger partial charge in [0.25, 0.3) is 11.5 Å². The van der Waals surface area contributed by atoms with E-state index < -0.39 is 34.9 Å². The Hall–Kier alpha value is -5.53. The van der Waals surface area contributed by atoms with Crippen LogP contribution in [0.5, 0.6) is 0 Å². The zero-order valence-electron chi connectivity index (χ0n) is 30.0.